The van der Waals surface area contributed by atoms with Gasteiger partial charge in [0, 0.05) is 5.69 Å². The Kier molecular flexibility index (Phi) is 4.65. The van der Waals surface area contributed by atoms with Crippen LogP contribution in [0.1, 0.15) is 32.1 Å². The van der Waals surface area contributed by atoms with E-state index in [0.717, 1.165) is 17.7 Å². The number of carbonyl (C=O) groups excluding carboxylic acids is 3. The quantitative estimate of drug-likeness (QED) is 0.755. The van der Waals surface area contributed by atoms with Gasteiger partial charge in [-0.15, -0.1) is 0 Å². The van der Waals surface area contributed by atoms with E-state index < -0.39 is 39.9 Å². The van der Waals surface area contributed by atoms with Crippen molar-refractivity contribution in [1.82, 2.24) is 10.2 Å². The van der Waals surface area contributed by atoms with Gasteiger partial charge in [0.25, 0.3) is 5.91 Å². The van der Waals surface area contributed by atoms with E-state index in [-0.39, 0.29) is 17.4 Å². The Balaban J connectivity index is 1.58. The number of amides is 4. The van der Waals surface area contributed by atoms with Crippen LogP contribution >= 0.6 is 0 Å². The summed E-state index contributed by atoms with van der Waals surface area (Å²) >= 11 is 0. The van der Waals surface area contributed by atoms with E-state index in [4.69, 9.17) is 0 Å². The number of urea groups is 1. The minimum atomic E-state index is -3.20. The maximum absolute atomic E-state index is 13.1. The molecule has 0 radical (unpaired) electrons. The minimum Gasteiger partial charge on any atom is -0.323 e. The van der Waals surface area contributed by atoms with Gasteiger partial charge in [-0.25, -0.2) is 13.2 Å². The summed E-state index contributed by atoms with van der Waals surface area (Å²) < 4.78 is 23.9. The number of anilines is 1. The summed E-state index contributed by atoms with van der Waals surface area (Å²) in [5.74, 6) is -0.889. The topological polar surface area (TPSA) is 104 Å². The third-order valence-electron chi connectivity index (χ3n) is 5.87. The van der Waals surface area contributed by atoms with Crippen molar-refractivity contribution in [3.05, 3.63) is 30.3 Å². The smallest absolute Gasteiger partial charge is 0.323 e. The molecule has 2 saturated heterocycles. The second kappa shape index (κ2) is 6.88. The van der Waals surface area contributed by atoms with Gasteiger partial charge in [-0.3, -0.25) is 14.5 Å². The molecule has 3 fully saturated rings. The normalized spacial score (nSPS) is 25.3. The monoisotopic (exact) mass is 405 g/mol. The van der Waals surface area contributed by atoms with Crippen molar-refractivity contribution in [2.45, 2.75) is 43.7 Å². The highest BCUT2D eigenvalue weighted by Gasteiger charge is 2.53. The van der Waals surface area contributed by atoms with E-state index in [1.807, 2.05) is 0 Å². The number of nitrogens with one attached hydrogen (secondary N) is 1. The first kappa shape index (κ1) is 18.9. The van der Waals surface area contributed by atoms with Gasteiger partial charge in [-0.1, -0.05) is 31.0 Å². The molecule has 9 heteroatoms. The molecule has 2 heterocycles. The molecule has 1 spiro atoms. The summed E-state index contributed by atoms with van der Waals surface area (Å²) in [6.45, 7) is -0.391. The first-order valence-corrected chi connectivity index (χ1v) is 11.4. The van der Waals surface area contributed by atoms with Crippen molar-refractivity contribution < 1.29 is 22.8 Å². The number of sulfone groups is 1. The number of para-hydroxylation sites is 1. The van der Waals surface area contributed by atoms with Crippen molar-refractivity contribution in [3.8, 4) is 0 Å². The lowest BCUT2D eigenvalue weighted by molar-refractivity contribution is -0.134. The van der Waals surface area contributed by atoms with Gasteiger partial charge in [0.05, 0.1) is 17.5 Å². The van der Waals surface area contributed by atoms with Crippen LogP contribution in [0.5, 0.6) is 0 Å². The number of carbonyl (C=O) groups is 3. The lowest BCUT2D eigenvalue weighted by atomic mass is 9.98. The van der Waals surface area contributed by atoms with E-state index in [9.17, 15) is 22.8 Å². The summed E-state index contributed by atoms with van der Waals surface area (Å²) in [6, 6.07) is 7.74. The van der Waals surface area contributed by atoms with Gasteiger partial charge in [-0.05, 0) is 31.4 Å². The summed E-state index contributed by atoms with van der Waals surface area (Å²) in [4.78, 5) is 40.8. The minimum absolute atomic E-state index is 0.0283. The second-order valence-electron chi connectivity index (χ2n) is 7.77. The molecule has 0 aromatic heterocycles. The Bertz CT molecular complexity index is 909. The molecule has 8 nitrogen and oxygen atoms in total. The van der Waals surface area contributed by atoms with Crippen LogP contribution in [0.3, 0.4) is 0 Å². The van der Waals surface area contributed by atoms with Crippen LogP contribution in [-0.2, 0) is 19.4 Å². The average molecular weight is 405 g/mol. The maximum Gasteiger partial charge on any atom is 0.325 e. The van der Waals surface area contributed by atoms with Crippen molar-refractivity contribution >= 4 is 33.4 Å². The molecular weight excluding hydrogens is 382 g/mol. The van der Waals surface area contributed by atoms with E-state index >= 15 is 0 Å². The highest BCUT2D eigenvalue weighted by molar-refractivity contribution is 7.91. The zero-order valence-electron chi connectivity index (χ0n) is 15.5. The Morgan fingerprint density at radius 2 is 1.86 bits per heavy atom. The molecule has 1 aromatic carbocycles. The Labute approximate surface area is 163 Å². The molecule has 150 valence electrons. The predicted octanol–water partition coefficient (Wildman–Crippen LogP) is 1.07. The van der Waals surface area contributed by atoms with Gasteiger partial charge in [0.15, 0.2) is 9.84 Å². The summed E-state index contributed by atoms with van der Waals surface area (Å²) in [5, 5.41) is 2.77. The van der Waals surface area contributed by atoms with Crippen LogP contribution in [0.25, 0.3) is 0 Å². The van der Waals surface area contributed by atoms with E-state index in [2.05, 4.69) is 5.32 Å². The second-order valence-corrected chi connectivity index (χ2v) is 10.00. The molecular formula is C19H23N3O5S. The Hall–Kier alpha value is -2.42. The Morgan fingerprint density at radius 3 is 2.46 bits per heavy atom. The summed E-state index contributed by atoms with van der Waals surface area (Å²) in [6.07, 6.45) is 3.25. The number of imide groups is 1. The van der Waals surface area contributed by atoms with E-state index in [1.54, 1.807) is 30.3 Å². The first-order chi connectivity index (χ1) is 13.3. The van der Waals surface area contributed by atoms with Gasteiger partial charge < -0.3 is 10.2 Å². The van der Waals surface area contributed by atoms with Crippen LogP contribution in [0.4, 0.5) is 10.5 Å². The number of hydrogen-bond acceptors (Lipinski definition) is 5. The SMILES string of the molecule is O=C1NC2(CCCC2)C(=O)N1CC(=O)N(c1ccccc1)[C@H]1CCS(=O)(=O)C1. The molecule has 0 unspecified atom stereocenters. The van der Waals surface area contributed by atoms with Crippen LogP contribution in [0.15, 0.2) is 30.3 Å². The van der Waals surface area contributed by atoms with E-state index in [1.165, 1.54) is 4.90 Å². The molecule has 1 atom stereocenters. The maximum atomic E-state index is 13.1. The molecule has 4 amide bonds. The van der Waals surface area contributed by atoms with Crippen molar-refractivity contribution in [1.29, 1.82) is 0 Å². The predicted molar refractivity (Wildman–Crippen MR) is 102 cm³/mol. The number of rotatable bonds is 4. The fourth-order valence-corrected chi connectivity index (χ4v) is 6.17. The van der Waals surface area contributed by atoms with Crippen LogP contribution in [-0.4, -0.2) is 60.8 Å². The molecule has 28 heavy (non-hydrogen) atoms. The van der Waals surface area contributed by atoms with Crippen LogP contribution < -0.4 is 10.2 Å². The Morgan fingerprint density at radius 1 is 1.18 bits per heavy atom. The van der Waals surface area contributed by atoms with Crippen molar-refractivity contribution in [3.63, 3.8) is 0 Å². The average Bonchev–Trinajstić information content (AvgIpc) is 3.32. The molecule has 1 saturated carbocycles. The van der Waals surface area contributed by atoms with Gasteiger partial charge in [-0.2, -0.15) is 0 Å². The van der Waals surface area contributed by atoms with Crippen LogP contribution in [0, 0.1) is 0 Å². The highest BCUT2D eigenvalue weighted by Crippen LogP contribution is 2.35. The molecule has 1 aliphatic carbocycles. The number of nitrogens with zero attached hydrogens (tertiary/aromatic N) is 2. The molecule has 0 bridgehead atoms. The zero-order chi connectivity index (χ0) is 19.9. The summed E-state index contributed by atoms with van der Waals surface area (Å²) in [7, 11) is -3.20. The summed E-state index contributed by atoms with van der Waals surface area (Å²) in [5.41, 5.74) is -0.303. The van der Waals surface area contributed by atoms with Gasteiger partial charge in [0.2, 0.25) is 5.91 Å². The third kappa shape index (κ3) is 3.28. The molecule has 1 aromatic rings. The first-order valence-electron chi connectivity index (χ1n) is 9.53. The number of benzene rings is 1. The van der Waals surface area contributed by atoms with Gasteiger partial charge in [0.1, 0.15) is 12.1 Å². The fourth-order valence-electron chi connectivity index (χ4n) is 4.47. The zero-order valence-corrected chi connectivity index (χ0v) is 16.3. The largest absolute Gasteiger partial charge is 0.325 e. The highest BCUT2D eigenvalue weighted by atomic mass is 32.2. The van der Waals surface area contributed by atoms with Crippen LogP contribution in [0.2, 0.25) is 0 Å². The van der Waals surface area contributed by atoms with Crippen molar-refractivity contribution in [2.24, 2.45) is 0 Å². The standard InChI is InChI=1S/C19H23N3O5S/c23-16(12-21-17(24)19(20-18(21)25)9-4-5-10-19)22(14-6-2-1-3-7-14)15-8-11-28(26,27)13-15/h1-3,6-7,15H,4-5,8-13H2,(H,20,25)/t15-/m0/s1. The molecule has 1 N–H and O–H groups in total. The molecule has 2 aliphatic heterocycles. The van der Waals surface area contributed by atoms with Crippen molar-refractivity contribution in [2.75, 3.05) is 23.0 Å². The molecule has 4 rings (SSSR count). The van der Waals surface area contributed by atoms with E-state index in [0.29, 0.717) is 24.9 Å². The van der Waals surface area contributed by atoms with Gasteiger partial charge >= 0.3 is 6.03 Å². The lowest BCUT2D eigenvalue weighted by Crippen LogP contribution is -2.49. The lowest BCUT2D eigenvalue weighted by Gasteiger charge is -2.30. The molecule has 3 aliphatic rings. The fraction of sp³-hybridized carbons (Fsp3) is 0.526. The number of hydrogen-bond donors (Lipinski definition) is 1. The third-order valence-corrected chi connectivity index (χ3v) is 7.62.